The van der Waals surface area contributed by atoms with Crippen molar-refractivity contribution >= 4 is 88.4 Å². The second kappa shape index (κ2) is 11.6. The standard InChI is InChI=1S/C25H26Cl2N4O2S2/c1-14-16(26)10-12-18-22(14)30-24(34-18)28-20(32)8-6-4-3-5-7-9-21(33)29-25-31-23-15(2)17(27)11-13-19(23)35-25/h10-13H,3-9H2,1-2H3,(H,28,30,32)(H,29,31,33). The summed E-state index contributed by atoms with van der Waals surface area (Å²) >= 11 is 15.2. The number of halogens is 2. The number of aryl methyl sites for hydroxylation is 2. The molecule has 4 aromatic rings. The van der Waals surface area contributed by atoms with E-state index in [0.29, 0.717) is 33.2 Å². The summed E-state index contributed by atoms with van der Waals surface area (Å²) in [6.07, 6.45) is 5.40. The number of carbonyl (C=O) groups is 2. The molecule has 0 saturated carbocycles. The van der Waals surface area contributed by atoms with Crippen molar-refractivity contribution in [1.82, 2.24) is 9.97 Å². The Kier molecular flexibility index (Phi) is 8.59. The van der Waals surface area contributed by atoms with Gasteiger partial charge in [0, 0.05) is 22.9 Å². The number of rotatable bonds is 10. The summed E-state index contributed by atoms with van der Waals surface area (Å²) in [5.74, 6) is -0.0564. The molecule has 0 radical (unpaired) electrons. The van der Waals surface area contributed by atoms with E-state index in [1.165, 1.54) is 22.7 Å². The lowest BCUT2D eigenvalue weighted by molar-refractivity contribution is -0.117. The number of hydrogen-bond donors (Lipinski definition) is 2. The Labute approximate surface area is 222 Å². The third-order valence-electron chi connectivity index (χ3n) is 5.80. The van der Waals surface area contributed by atoms with Gasteiger partial charge in [-0.05, 0) is 62.1 Å². The van der Waals surface area contributed by atoms with E-state index in [1.54, 1.807) is 0 Å². The second-order valence-electron chi connectivity index (χ2n) is 8.44. The van der Waals surface area contributed by atoms with Crippen LogP contribution >= 0.6 is 45.9 Å². The first-order chi connectivity index (χ1) is 16.8. The lowest BCUT2D eigenvalue weighted by atomic mass is 10.1. The number of nitrogens with one attached hydrogen (secondary N) is 2. The molecule has 0 atom stereocenters. The number of amides is 2. The number of benzene rings is 2. The number of anilines is 2. The van der Waals surface area contributed by atoms with E-state index in [-0.39, 0.29) is 11.8 Å². The van der Waals surface area contributed by atoms with E-state index in [1.807, 2.05) is 38.1 Å². The van der Waals surface area contributed by atoms with E-state index < -0.39 is 0 Å². The molecule has 6 nitrogen and oxygen atoms in total. The van der Waals surface area contributed by atoms with Gasteiger partial charge < -0.3 is 10.6 Å². The maximum atomic E-state index is 12.3. The van der Waals surface area contributed by atoms with Crippen LogP contribution in [0.5, 0.6) is 0 Å². The zero-order chi connectivity index (χ0) is 24.9. The Morgan fingerprint density at radius 3 is 1.54 bits per heavy atom. The molecular formula is C25H26Cl2N4O2S2. The van der Waals surface area contributed by atoms with Gasteiger partial charge in [-0.1, -0.05) is 65.1 Å². The molecule has 4 rings (SSSR count). The zero-order valence-corrected chi connectivity index (χ0v) is 22.7. The number of thiazole rings is 2. The average Bonchev–Trinajstić information content (AvgIpc) is 3.42. The van der Waals surface area contributed by atoms with Crippen LogP contribution in [0.1, 0.15) is 56.1 Å². The molecule has 0 aliphatic heterocycles. The zero-order valence-electron chi connectivity index (χ0n) is 19.5. The quantitative estimate of drug-likeness (QED) is 0.196. The van der Waals surface area contributed by atoms with Gasteiger partial charge in [0.25, 0.3) is 0 Å². The summed E-state index contributed by atoms with van der Waals surface area (Å²) < 4.78 is 2.02. The predicted molar refractivity (Wildman–Crippen MR) is 148 cm³/mol. The highest BCUT2D eigenvalue weighted by Gasteiger charge is 2.12. The molecule has 2 aromatic heterocycles. The minimum Gasteiger partial charge on any atom is -0.302 e. The van der Waals surface area contributed by atoms with E-state index in [2.05, 4.69) is 20.6 Å². The van der Waals surface area contributed by atoms with Gasteiger partial charge in [-0.3, -0.25) is 9.59 Å². The summed E-state index contributed by atoms with van der Waals surface area (Å²) in [5.41, 5.74) is 3.53. The van der Waals surface area contributed by atoms with Gasteiger partial charge in [0.15, 0.2) is 10.3 Å². The average molecular weight is 550 g/mol. The maximum Gasteiger partial charge on any atom is 0.226 e. The molecule has 184 valence electrons. The highest BCUT2D eigenvalue weighted by Crippen LogP contribution is 2.33. The molecule has 35 heavy (non-hydrogen) atoms. The van der Waals surface area contributed by atoms with Crippen molar-refractivity contribution < 1.29 is 9.59 Å². The number of nitrogens with zero attached hydrogens (tertiary/aromatic N) is 2. The summed E-state index contributed by atoms with van der Waals surface area (Å²) in [4.78, 5) is 33.5. The van der Waals surface area contributed by atoms with Crippen molar-refractivity contribution in [2.24, 2.45) is 0 Å². The molecule has 0 saturated heterocycles. The largest absolute Gasteiger partial charge is 0.302 e. The highest BCUT2D eigenvalue weighted by atomic mass is 35.5. The highest BCUT2D eigenvalue weighted by molar-refractivity contribution is 7.22. The van der Waals surface area contributed by atoms with Crippen LogP contribution in [0.3, 0.4) is 0 Å². The molecule has 0 unspecified atom stereocenters. The molecular weight excluding hydrogens is 523 g/mol. The lowest BCUT2D eigenvalue weighted by Gasteiger charge is -2.03. The molecule has 2 aromatic carbocycles. The topological polar surface area (TPSA) is 84.0 Å². The van der Waals surface area contributed by atoms with Crippen LogP contribution in [0, 0.1) is 13.8 Å². The van der Waals surface area contributed by atoms with Gasteiger partial charge >= 0.3 is 0 Å². The van der Waals surface area contributed by atoms with Gasteiger partial charge in [-0.15, -0.1) is 0 Å². The number of unbranched alkanes of at least 4 members (excludes halogenated alkanes) is 4. The molecule has 0 fully saturated rings. The monoisotopic (exact) mass is 548 g/mol. The molecule has 10 heteroatoms. The van der Waals surface area contributed by atoms with Crippen LogP contribution in [0.25, 0.3) is 20.4 Å². The summed E-state index contributed by atoms with van der Waals surface area (Å²) in [6, 6.07) is 7.55. The summed E-state index contributed by atoms with van der Waals surface area (Å²) in [6.45, 7) is 3.86. The fraction of sp³-hybridized carbons (Fsp3) is 0.360. The summed E-state index contributed by atoms with van der Waals surface area (Å²) in [5, 5.41) is 8.35. The van der Waals surface area contributed by atoms with Gasteiger partial charge in [0.1, 0.15) is 0 Å². The smallest absolute Gasteiger partial charge is 0.226 e. The Bertz CT molecular complexity index is 1280. The Morgan fingerprint density at radius 1 is 0.714 bits per heavy atom. The molecule has 2 N–H and O–H groups in total. The van der Waals surface area contributed by atoms with Crippen molar-refractivity contribution in [3.63, 3.8) is 0 Å². The third kappa shape index (κ3) is 6.50. The first-order valence-electron chi connectivity index (χ1n) is 11.5. The first-order valence-corrected chi connectivity index (χ1v) is 13.9. The van der Waals surface area contributed by atoms with Gasteiger partial charge in [-0.25, -0.2) is 9.97 Å². The minimum absolute atomic E-state index is 0.0282. The number of aromatic nitrogens is 2. The maximum absolute atomic E-state index is 12.3. The number of fused-ring (bicyclic) bond motifs is 2. The van der Waals surface area contributed by atoms with Crippen LogP contribution in [-0.4, -0.2) is 21.8 Å². The van der Waals surface area contributed by atoms with E-state index in [0.717, 1.165) is 63.7 Å². The Hall–Kier alpha value is -2.26. The second-order valence-corrected chi connectivity index (χ2v) is 11.3. The van der Waals surface area contributed by atoms with Crippen LogP contribution in [-0.2, 0) is 9.59 Å². The molecule has 2 amide bonds. The van der Waals surface area contributed by atoms with Gasteiger partial charge in [-0.2, -0.15) is 0 Å². The van der Waals surface area contributed by atoms with E-state index in [9.17, 15) is 9.59 Å². The Morgan fingerprint density at radius 2 is 1.11 bits per heavy atom. The number of carbonyl (C=O) groups excluding carboxylic acids is 2. The van der Waals surface area contributed by atoms with Crippen molar-refractivity contribution in [2.45, 2.75) is 58.8 Å². The van der Waals surface area contributed by atoms with Crippen molar-refractivity contribution in [3.05, 3.63) is 45.4 Å². The fourth-order valence-corrected chi connectivity index (χ4v) is 5.96. The number of hydrogen-bond acceptors (Lipinski definition) is 6. The minimum atomic E-state index is -0.0282. The van der Waals surface area contributed by atoms with Crippen LogP contribution in [0.15, 0.2) is 24.3 Å². The lowest BCUT2D eigenvalue weighted by Crippen LogP contribution is -2.11. The normalized spacial score (nSPS) is 11.3. The van der Waals surface area contributed by atoms with Crippen molar-refractivity contribution in [3.8, 4) is 0 Å². The van der Waals surface area contributed by atoms with Crippen LogP contribution in [0.4, 0.5) is 10.3 Å². The molecule has 0 bridgehead atoms. The first kappa shape index (κ1) is 25.8. The van der Waals surface area contributed by atoms with Crippen LogP contribution < -0.4 is 10.6 Å². The van der Waals surface area contributed by atoms with E-state index in [4.69, 9.17) is 23.2 Å². The molecule has 0 spiro atoms. The Balaban J connectivity index is 1.11. The fourth-order valence-electron chi connectivity index (χ4n) is 3.77. The SMILES string of the molecule is Cc1c(Cl)ccc2sc(NC(=O)CCCCCCCC(=O)Nc3nc4c(C)c(Cl)ccc4s3)nc12. The molecule has 0 aliphatic carbocycles. The predicted octanol–water partition coefficient (Wildman–Crippen LogP) is 8.14. The van der Waals surface area contributed by atoms with Crippen molar-refractivity contribution in [2.75, 3.05) is 10.6 Å². The third-order valence-corrected chi connectivity index (χ3v) is 8.49. The van der Waals surface area contributed by atoms with Gasteiger partial charge in [0.05, 0.1) is 20.4 Å². The summed E-state index contributed by atoms with van der Waals surface area (Å²) in [7, 11) is 0. The van der Waals surface area contributed by atoms with Crippen LogP contribution in [0.2, 0.25) is 10.0 Å². The van der Waals surface area contributed by atoms with Gasteiger partial charge in [0.2, 0.25) is 11.8 Å². The molecule has 0 aliphatic rings. The van der Waals surface area contributed by atoms with Crippen molar-refractivity contribution in [1.29, 1.82) is 0 Å². The molecule has 2 heterocycles. The van der Waals surface area contributed by atoms with E-state index >= 15 is 0 Å².